The Morgan fingerprint density at radius 2 is 1.88 bits per heavy atom. The number of hydrogen-bond acceptors (Lipinski definition) is 4. The van der Waals surface area contributed by atoms with Gasteiger partial charge in [0.25, 0.3) is 0 Å². The molecule has 2 rings (SSSR count). The Bertz CT molecular complexity index is 903. The van der Waals surface area contributed by atoms with Crippen LogP contribution in [0.2, 0.25) is 10.0 Å². The van der Waals surface area contributed by atoms with Gasteiger partial charge in [0, 0.05) is 5.02 Å². The van der Waals surface area contributed by atoms with Gasteiger partial charge in [-0.15, -0.1) is 0 Å². The molecule has 1 amide bonds. The molecule has 0 unspecified atom stereocenters. The minimum atomic E-state index is -4.03. The molecule has 2 aromatic rings. The third-order valence-electron chi connectivity index (χ3n) is 3.35. The molecule has 6 nitrogen and oxygen atoms in total. The molecule has 0 fully saturated rings. The number of carbonyl (C=O) groups excluding carboxylic acids is 1. The van der Waals surface area contributed by atoms with Gasteiger partial charge in [-0.05, 0) is 44.2 Å². The maximum absolute atomic E-state index is 12.5. The van der Waals surface area contributed by atoms with E-state index in [9.17, 15) is 13.2 Å². The lowest BCUT2D eigenvalue weighted by Gasteiger charge is -2.17. The van der Waals surface area contributed by atoms with Crippen molar-refractivity contribution in [1.82, 2.24) is 4.72 Å². The highest BCUT2D eigenvalue weighted by atomic mass is 35.5. The van der Waals surface area contributed by atoms with Crippen molar-refractivity contribution < 1.29 is 17.9 Å². The Morgan fingerprint density at radius 3 is 2.58 bits per heavy atom. The van der Waals surface area contributed by atoms with Gasteiger partial charge in [-0.3, -0.25) is 4.79 Å². The number of anilines is 1. The van der Waals surface area contributed by atoms with Crippen LogP contribution in [0.25, 0.3) is 0 Å². The van der Waals surface area contributed by atoms with Gasteiger partial charge in [-0.2, -0.15) is 4.72 Å². The SMILES string of the molecule is CCOc1ccccc1NC(=O)[C@@H](C)NS(=O)(=O)c1cc(Cl)ccc1Cl. The van der Waals surface area contributed by atoms with Crippen molar-refractivity contribution in [1.29, 1.82) is 0 Å². The molecule has 0 radical (unpaired) electrons. The second-order valence-electron chi connectivity index (χ2n) is 5.34. The zero-order chi connectivity index (χ0) is 19.3. The molecule has 0 heterocycles. The van der Waals surface area contributed by atoms with Crippen molar-refractivity contribution in [2.24, 2.45) is 0 Å². The summed E-state index contributed by atoms with van der Waals surface area (Å²) in [6.45, 7) is 3.68. The van der Waals surface area contributed by atoms with Crippen LogP contribution in [0.3, 0.4) is 0 Å². The average Bonchev–Trinajstić information content (AvgIpc) is 2.58. The molecule has 0 spiro atoms. The van der Waals surface area contributed by atoms with Crippen molar-refractivity contribution in [3.8, 4) is 5.75 Å². The normalized spacial score (nSPS) is 12.5. The van der Waals surface area contributed by atoms with Crippen molar-refractivity contribution >= 4 is 44.8 Å². The fraction of sp³-hybridized carbons (Fsp3) is 0.235. The Kier molecular flexibility index (Phi) is 6.88. The molecule has 0 saturated heterocycles. The Morgan fingerprint density at radius 1 is 1.19 bits per heavy atom. The average molecular weight is 417 g/mol. The van der Waals surface area contributed by atoms with Crippen LogP contribution in [-0.4, -0.2) is 27.0 Å². The van der Waals surface area contributed by atoms with Crippen LogP contribution >= 0.6 is 23.2 Å². The lowest BCUT2D eigenvalue weighted by molar-refractivity contribution is -0.117. The van der Waals surface area contributed by atoms with Crippen molar-refractivity contribution in [3.05, 3.63) is 52.5 Å². The molecule has 0 aliphatic carbocycles. The molecule has 1 atom stereocenters. The lowest BCUT2D eigenvalue weighted by Crippen LogP contribution is -2.41. The fourth-order valence-electron chi connectivity index (χ4n) is 2.13. The van der Waals surface area contributed by atoms with E-state index in [4.69, 9.17) is 27.9 Å². The number of para-hydroxylation sites is 2. The van der Waals surface area contributed by atoms with E-state index < -0.39 is 22.0 Å². The van der Waals surface area contributed by atoms with Crippen LogP contribution < -0.4 is 14.8 Å². The zero-order valence-electron chi connectivity index (χ0n) is 14.1. The Hall–Kier alpha value is -1.80. The van der Waals surface area contributed by atoms with Crippen LogP contribution in [0.5, 0.6) is 5.75 Å². The molecule has 0 aliphatic heterocycles. The van der Waals surface area contributed by atoms with E-state index in [0.717, 1.165) is 0 Å². The van der Waals surface area contributed by atoms with E-state index in [-0.39, 0.29) is 14.9 Å². The summed E-state index contributed by atoms with van der Waals surface area (Å²) in [5, 5.41) is 2.88. The first-order valence-electron chi connectivity index (χ1n) is 7.74. The third kappa shape index (κ3) is 5.11. The highest BCUT2D eigenvalue weighted by Gasteiger charge is 2.25. The molecule has 0 saturated carbocycles. The number of rotatable bonds is 7. The second kappa shape index (κ2) is 8.73. The van der Waals surface area contributed by atoms with E-state index in [2.05, 4.69) is 10.0 Å². The topological polar surface area (TPSA) is 84.5 Å². The van der Waals surface area contributed by atoms with Crippen molar-refractivity contribution in [3.63, 3.8) is 0 Å². The summed E-state index contributed by atoms with van der Waals surface area (Å²) >= 11 is 11.8. The quantitative estimate of drug-likeness (QED) is 0.720. The standard InChI is InChI=1S/C17H18Cl2N2O4S/c1-3-25-15-7-5-4-6-14(15)20-17(22)11(2)21-26(23,24)16-10-12(18)8-9-13(16)19/h4-11,21H,3H2,1-2H3,(H,20,22)/t11-/m1/s1. The molecule has 26 heavy (non-hydrogen) atoms. The van der Waals surface area contributed by atoms with E-state index >= 15 is 0 Å². The molecule has 9 heteroatoms. The number of amides is 1. The molecule has 0 aliphatic rings. The van der Waals surface area contributed by atoms with Gasteiger partial charge in [0.1, 0.15) is 10.6 Å². The highest BCUT2D eigenvalue weighted by Crippen LogP contribution is 2.26. The van der Waals surface area contributed by atoms with Crippen molar-refractivity contribution in [2.75, 3.05) is 11.9 Å². The van der Waals surface area contributed by atoms with E-state index in [1.807, 2.05) is 6.92 Å². The molecule has 0 bridgehead atoms. The Labute approximate surface area is 162 Å². The third-order valence-corrected chi connectivity index (χ3v) is 5.61. The molecule has 140 valence electrons. The molecule has 2 aromatic carbocycles. The first-order chi connectivity index (χ1) is 12.2. The largest absolute Gasteiger partial charge is 0.492 e. The van der Waals surface area contributed by atoms with Gasteiger partial charge in [0.15, 0.2) is 0 Å². The maximum atomic E-state index is 12.5. The van der Waals surface area contributed by atoms with Gasteiger partial charge in [0.05, 0.1) is 23.4 Å². The fourth-order valence-corrected chi connectivity index (χ4v) is 4.09. The molecule has 0 aromatic heterocycles. The van der Waals surface area contributed by atoms with Gasteiger partial charge in [-0.1, -0.05) is 35.3 Å². The van der Waals surface area contributed by atoms with E-state index in [1.54, 1.807) is 24.3 Å². The summed E-state index contributed by atoms with van der Waals surface area (Å²) in [7, 11) is -4.03. The summed E-state index contributed by atoms with van der Waals surface area (Å²) in [6.07, 6.45) is 0. The number of ether oxygens (including phenoxy) is 1. The predicted molar refractivity (Wildman–Crippen MR) is 102 cm³/mol. The number of hydrogen-bond donors (Lipinski definition) is 2. The minimum Gasteiger partial charge on any atom is -0.492 e. The summed E-state index contributed by atoms with van der Waals surface area (Å²) in [6, 6.07) is 9.90. The monoisotopic (exact) mass is 416 g/mol. The van der Waals surface area contributed by atoms with Gasteiger partial charge < -0.3 is 10.1 Å². The van der Waals surface area contributed by atoms with Crippen LogP contribution in [0.4, 0.5) is 5.69 Å². The first kappa shape index (κ1) is 20.5. The summed E-state index contributed by atoms with van der Waals surface area (Å²) in [4.78, 5) is 12.2. The molecule has 2 N–H and O–H groups in total. The number of nitrogens with one attached hydrogen (secondary N) is 2. The van der Waals surface area contributed by atoms with Crippen LogP contribution in [0, 0.1) is 0 Å². The van der Waals surface area contributed by atoms with Crippen LogP contribution in [-0.2, 0) is 14.8 Å². The van der Waals surface area contributed by atoms with Crippen LogP contribution in [0.15, 0.2) is 47.4 Å². The zero-order valence-corrected chi connectivity index (χ0v) is 16.5. The first-order valence-corrected chi connectivity index (χ1v) is 9.98. The van der Waals surface area contributed by atoms with Crippen LogP contribution in [0.1, 0.15) is 13.8 Å². The summed E-state index contributed by atoms with van der Waals surface area (Å²) in [5.74, 6) is -0.0461. The summed E-state index contributed by atoms with van der Waals surface area (Å²) < 4.78 is 32.7. The number of sulfonamides is 1. The van der Waals surface area contributed by atoms with E-state index in [0.29, 0.717) is 18.0 Å². The van der Waals surface area contributed by atoms with Crippen molar-refractivity contribution in [2.45, 2.75) is 24.8 Å². The molecular weight excluding hydrogens is 399 g/mol. The maximum Gasteiger partial charge on any atom is 0.242 e. The Balaban J connectivity index is 2.15. The number of carbonyl (C=O) groups is 1. The lowest BCUT2D eigenvalue weighted by atomic mass is 10.2. The van der Waals surface area contributed by atoms with Gasteiger partial charge in [-0.25, -0.2) is 8.42 Å². The van der Waals surface area contributed by atoms with Gasteiger partial charge >= 0.3 is 0 Å². The van der Waals surface area contributed by atoms with E-state index in [1.165, 1.54) is 25.1 Å². The summed E-state index contributed by atoms with van der Waals surface area (Å²) in [5.41, 5.74) is 0.450. The van der Waals surface area contributed by atoms with Gasteiger partial charge in [0.2, 0.25) is 15.9 Å². The molecular formula is C17H18Cl2N2O4S. The number of benzene rings is 2. The smallest absolute Gasteiger partial charge is 0.242 e. The number of halogens is 2. The highest BCUT2D eigenvalue weighted by molar-refractivity contribution is 7.89. The second-order valence-corrected chi connectivity index (χ2v) is 7.86. The predicted octanol–water partition coefficient (Wildman–Crippen LogP) is 3.70. The minimum absolute atomic E-state index is 0.0104.